The number of carbonyl (C=O) groups excluding carboxylic acids is 2. The van der Waals surface area contributed by atoms with E-state index in [0.717, 1.165) is 0 Å². The molecular weight excluding hydrogens is 244 g/mol. The van der Waals surface area contributed by atoms with Crippen LogP contribution in [0.5, 0.6) is 0 Å². The summed E-state index contributed by atoms with van der Waals surface area (Å²) in [5, 5.41) is 2.98. The Bertz CT molecular complexity index is 435. The molecule has 0 unspecified atom stereocenters. The molecule has 17 heavy (non-hydrogen) atoms. The first-order valence-corrected chi connectivity index (χ1v) is 5.32. The number of hydrogen-bond acceptors (Lipinski definition) is 4. The van der Waals surface area contributed by atoms with Crippen molar-refractivity contribution in [2.24, 2.45) is 0 Å². The van der Waals surface area contributed by atoms with Gasteiger partial charge < -0.3 is 15.8 Å². The van der Waals surface area contributed by atoms with Crippen LogP contribution in [0.1, 0.15) is 16.8 Å². The van der Waals surface area contributed by atoms with Crippen molar-refractivity contribution in [2.45, 2.75) is 6.42 Å². The summed E-state index contributed by atoms with van der Waals surface area (Å²) in [4.78, 5) is 22.5. The highest BCUT2D eigenvalue weighted by Crippen LogP contribution is 2.17. The van der Waals surface area contributed by atoms with Crippen molar-refractivity contribution in [3.63, 3.8) is 0 Å². The van der Waals surface area contributed by atoms with Gasteiger partial charge in [-0.25, -0.2) is 0 Å². The number of esters is 1. The minimum absolute atomic E-state index is 0.114. The Labute approximate surface area is 104 Å². The molecule has 0 fully saturated rings. The second-order valence-corrected chi connectivity index (χ2v) is 3.75. The first-order valence-electron chi connectivity index (χ1n) is 4.94. The van der Waals surface area contributed by atoms with Crippen LogP contribution in [0.15, 0.2) is 18.2 Å². The lowest BCUT2D eigenvalue weighted by molar-refractivity contribution is -0.140. The van der Waals surface area contributed by atoms with Gasteiger partial charge in [0.2, 0.25) is 0 Å². The number of benzene rings is 1. The second-order valence-electron chi connectivity index (χ2n) is 3.31. The number of rotatable bonds is 4. The molecule has 1 amide bonds. The van der Waals surface area contributed by atoms with Crippen molar-refractivity contribution >= 4 is 29.2 Å². The Morgan fingerprint density at radius 1 is 1.47 bits per heavy atom. The first kappa shape index (κ1) is 13.3. The number of nitrogens with one attached hydrogen (secondary N) is 1. The third-order valence-electron chi connectivity index (χ3n) is 2.10. The molecule has 0 bridgehead atoms. The fraction of sp³-hybridized carbons (Fsp3) is 0.273. The van der Waals surface area contributed by atoms with Crippen LogP contribution in [0.4, 0.5) is 5.69 Å². The largest absolute Gasteiger partial charge is 0.469 e. The van der Waals surface area contributed by atoms with Gasteiger partial charge in [-0.2, -0.15) is 0 Å². The highest BCUT2D eigenvalue weighted by Gasteiger charge is 2.10. The summed E-state index contributed by atoms with van der Waals surface area (Å²) in [6.45, 7) is 0.192. The molecule has 5 nitrogen and oxygen atoms in total. The van der Waals surface area contributed by atoms with Crippen molar-refractivity contribution in [1.82, 2.24) is 5.32 Å². The van der Waals surface area contributed by atoms with E-state index in [0.29, 0.717) is 16.3 Å². The molecule has 0 aromatic heterocycles. The molecule has 1 rings (SSSR count). The molecule has 1 aromatic carbocycles. The fourth-order valence-corrected chi connectivity index (χ4v) is 1.37. The van der Waals surface area contributed by atoms with Crippen LogP contribution in [0.3, 0.4) is 0 Å². The van der Waals surface area contributed by atoms with Crippen molar-refractivity contribution in [1.29, 1.82) is 0 Å². The molecule has 0 atom stereocenters. The highest BCUT2D eigenvalue weighted by molar-refractivity contribution is 6.31. The number of nitrogen functional groups attached to an aromatic ring is 1. The Hall–Kier alpha value is -1.75. The van der Waals surface area contributed by atoms with Gasteiger partial charge in [0.05, 0.1) is 19.1 Å². The van der Waals surface area contributed by atoms with E-state index in [4.69, 9.17) is 17.3 Å². The van der Waals surface area contributed by atoms with Crippen LogP contribution in [0.25, 0.3) is 0 Å². The number of anilines is 1. The summed E-state index contributed by atoms with van der Waals surface area (Å²) in [6.07, 6.45) is 0.114. The van der Waals surface area contributed by atoms with Gasteiger partial charge in [-0.3, -0.25) is 9.59 Å². The van der Waals surface area contributed by atoms with Gasteiger partial charge in [-0.15, -0.1) is 0 Å². The van der Waals surface area contributed by atoms with Gasteiger partial charge in [0.1, 0.15) is 0 Å². The quantitative estimate of drug-likeness (QED) is 0.627. The maximum absolute atomic E-state index is 11.7. The number of methoxy groups -OCH3 is 1. The lowest BCUT2D eigenvalue weighted by Crippen LogP contribution is -2.27. The van der Waals surface area contributed by atoms with Crippen molar-refractivity contribution < 1.29 is 14.3 Å². The van der Waals surface area contributed by atoms with E-state index in [9.17, 15) is 9.59 Å². The smallest absolute Gasteiger partial charge is 0.307 e. The minimum Gasteiger partial charge on any atom is -0.469 e. The topological polar surface area (TPSA) is 81.4 Å². The summed E-state index contributed by atoms with van der Waals surface area (Å²) < 4.78 is 4.44. The maximum Gasteiger partial charge on any atom is 0.307 e. The zero-order valence-corrected chi connectivity index (χ0v) is 10.1. The third kappa shape index (κ3) is 3.96. The number of amides is 1. The number of carbonyl (C=O) groups is 2. The summed E-state index contributed by atoms with van der Waals surface area (Å²) in [5.41, 5.74) is 6.27. The number of halogens is 1. The molecule has 3 N–H and O–H groups in total. The van der Waals surface area contributed by atoms with E-state index < -0.39 is 0 Å². The number of ether oxygens (including phenoxy) is 1. The van der Waals surface area contributed by atoms with Gasteiger partial charge in [-0.1, -0.05) is 11.6 Å². The monoisotopic (exact) mass is 256 g/mol. The number of nitrogens with two attached hydrogens (primary N) is 1. The van der Waals surface area contributed by atoms with Crippen molar-refractivity contribution in [2.75, 3.05) is 19.4 Å². The SMILES string of the molecule is COC(=O)CCNC(=O)c1cc(Cl)ccc1N. The lowest BCUT2D eigenvalue weighted by atomic mass is 10.1. The maximum atomic E-state index is 11.7. The molecule has 6 heteroatoms. The van der Waals surface area contributed by atoms with Crippen molar-refractivity contribution in [3.05, 3.63) is 28.8 Å². The van der Waals surface area contributed by atoms with Gasteiger partial charge >= 0.3 is 5.97 Å². The minimum atomic E-state index is -0.385. The average molecular weight is 257 g/mol. The fourth-order valence-electron chi connectivity index (χ4n) is 1.20. The van der Waals surface area contributed by atoms with Crippen LogP contribution in [-0.2, 0) is 9.53 Å². The second kappa shape index (κ2) is 6.10. The number of hydrogen-bond donors (Lipinski definition) is 2. The van der Waals surface area contributed by atoms with Crippen molar-refractivity contribution in [3.8, 4) is 0 Å². The van der Waals surface area contributed by atoms with Crippen LogP contribution >= 0.6 is 11.6 Å². The Morgan fingerprint density at radius 2 is 2.18 bits per heavy atom. The van der Waals surface area contributed by atoms with Crippen LogP contribution in [0.2, 0.25) is 5.02 Å². The third-order valence-corrected chi connectivity index (χ3v) is 2.34. The van der Waals surface area contributed by atoms with Gasteiger partial charge in [0.15, 0.2) is 0 Å². The summed E-state index contributed by atoms with van der Waals surface area (Å²) >= 11 is 5.76. The van der Waals surface area contributed by atoms with E-state index in [1.165, 1.54) is 13.2 Å². The molecule has 1 aromatic rings. The van der Waals surface area contributed by atoms with Gasteiger partial charge in [0, 0.05) is 17.3 Å². The summed E-state index contributed by atoms with van der Waals surface area (Å²) in [7, 11) is 1.29. The molecule has 0 radical (unpaired) electrons. The van der Waals surface area contributed by atoms with E-state index in [1.54, 1.807) is 12.1 Å². The Balaban J connectivity index is 2.58. The predicted octanol–water partition coefficient (Wildman–Crippen LogP) is 1.22. The molecule has 0 saturated heterocycles. The Morgan fingerprint density at radius 3 is 2.82 bits per heavy atom. The summed E-state index contributed by atoms with van der Waals surface area (Å²) in [5.74, 6) is -0.752. The summed E-state index contributed by atoms with van der Waals surface area (Å²) in [6, 6.07) is 4.63. The predicted molar refractivity (Wildman–Crippen MR) is 64.8 cm³/mol. The van der Waals surface area contributed by atoms with Gasteiger partial charge in [0.25, 0.3) is 5.91 Å². The standard InChI is InChI=1S/C11H13ClN2O3/c1-17-10(15)4-5-14-11(16)8-6-7(12)2-3-9(8)13/h2-3,6H,4-5,13H2,1H3,(H,14,16). The molecule has 0 aliphatic heterocycles. The molecule has 0 spiro atoms. The highest BCUT2D eigenvalue weighted by atomic mass is 35.5. The molecular formula is C11H13ClN2O3. The molecule has 0 aliphatic carbocycles. The van der Waals surface area contributed by atoms with E-state index in [2.05, 4.69) is 10.1 Å². The molecule has 0 saturated carbocycles. The molecule has 0 aliphatic rings. The van der Waals surface area contributed by atoms with Crippen LogP contribution in [-0.4, -0.2) is 25.5 Å². The van der Waals surface area contributed by atoms with E-state index in [-0.39, 0.29) is 24.8 Å². The van der Waals surface area contributed by atoms with E-state index >= 15 is 0 Å². The first-order chi connectivity index (χ1) is 8.04. The molecule has 0 heterocycles. The lowest BCUT2D eigenvalue weighted by Gasteiger charge is -2.07. The Kier molecular flexibility index (Phi) is 4.78. The zero-order valence-electron chi connectivity index (χ0n) is 9.33. The van der Waals surface area contributed by atoms with E-state index in [1.807, 2.05) is 0 Å². The zero-order chi connectivity index (χ0) is 12.8. The normalized spacial score (nSPS) is 9.76. The van der Waals surface area contributed by atoms with Crippen LogP contribution in [0, 0.1) is 0 Å². The molecule has 92 valence electrons. The van der Waals surface area contributed by atoms with Gasteiger partial charge in [-0.05, 0) is 18.2 Å². The van der Waals surface area contributed by atoms with Crippen LogP contribution < -0.4 is 11.1 Å². The average Bonchev–Trinajstić information content (AvgIpc) is 2.31.